The minimum atomic E-state index is -2.89. The van der Waals surface area contributed by atoms with E-state index in [1.54, 1.807) is 38.4 Å². The van der Waals surface area contributed by atoms with Gasteiger partial charge in [-0.1, -0.05) is 18.2 Å². The van der Waals surface area contributed by atoms with E-state index in [1.165, 1.54) is 0 Å². The fourth-order valence-corrected chi connectivity index (χ4v) is 5.53. The number of ether oxygens (including phenoxy) is 1. The van der Waals surface area contributed by atoms with Crippen molar-refractivity contribution in [2.24, 2.45) is 0 Å². The van der Waals surface area contributed by atoms with Crippen molar-refractivity contribution in [1.29, 1.82) is 0 Å². The second kappa shape index (κ2) is 8.28. The summed E-state index contributed by atoms with van der Waals surface area (Å²) in [6.07, 6.45) is 4.14. The first-order chi connectivity index (χ1) is 17.2. The van der Waals surface area contributed by atoms with Crippen molar-refractivity contribution in [2.45, 2.75) is 57.4 Å². The summed E-state index contributed by atoms with van der Waals surface area (Å²) >= 11 is 0. The molecule has 0 unspecified atom stereocenters. The van der Waals surface area contributed by atoms with Crippen LogP contribution in [0.1, 0.15) is 73.4 Å². The predicted molar refractivity (Wildman–Crippen MR) is 132 cm³/mol. The zero-order valence-electron chi connectivity index (χ0n) is 20.2. The predicted octanol–water partition coefficient (Wildman–Crippen LogP) is 5.76. The van der Waals surface area contributed by atoms with Gasteiger partial charge in [-0.3, -0.25) is 4.98 Å². The number of alkyl halides is 2. The molecule has 6 rings (SSSR count). The largest absolute Gasteiger partial charge is 0.435 e. The van der Waals surface area contributed by atoms with Crippen molar-refractivity contribution in [2.75, 3.05) is 0 Å². The molecule has 4 aromatic rings. The molecule has 2 bridgehead atoms. The highest BCUT2D eigenvalue weighted by Crippen LogP contribution is 2.52. The van der Waals surface area contributed by atoms with Gasteiger partial charge in [-0.05, 0) is 68.1 Å². The molecular formula is C28H26F2N4O2. The van der Waals surface area contributed by atoms with Crippen LogP contribution in [0.5, 0.6) is 5.75 Å². The molecule has 3 heterocycles. The number of nitrogens with zero attached hydrogens (tertiary/aromatic N) is 3. The van der Waals surface area contributed by atoms with Gasteiger partial charge in [0.2, 0.25) is 0 Å². The molecule has 0 amide bonds. The number of pyridine rings is 1. The maximum absolute atomic E-state index is 13.3. The topological polar surface area (TPSA) is 80.2 Å². The lowest BCUT2D eigenvalue weighted by molar-refractivity contribution is -0.0506. The Kier molecular flexibility index (Phi) is 5.28. The number of halogens is 2. The number of hydrogen-bond acceptors (Lipinski definition) is 6. The van der Waals surface area contributed by atoms with E-state index in [0.29, 0.717) is 5.82 Å². The first kappa shape index (κ1) is 22.9. The number of hydrogen-bond donors (Lipinski definition) is 2. The van der Waals surface area contributed by atoms with Crippen molar-refractivity contribution in [3.63, 3.8) is 0 Å². The molecule has 0 spiro atoms. The van der Waals surface area contributed by atoms with Crippen molar-refractivity contribution >= 4 is 10.9 Å². The van der Waals surface area contributed by atoms with Gasteiger partial charge in [-0.2, -0.15) is 8.78 Å². The minimum Gasteiger partial charge on any atom is -0.435 e. The molecule has 0 saturated carbocycles. The highest BCUT2D eigenvalue weighted by molar-refractivity contribution is 5.85. The minimum absolute atomic E-state index is 0.0175. The van der Waals surface area contributed by atoms with E-state index in [4.69, 9.17) is 9.72 Å². The third kappa shape index (κ3) is 3.81. The van der Waals surface area contributed by atoms with Crippen LogP contribution in [0.3, 0.4) is 0 Å². The molecule has 3 atom stereocenters. The van der Waals surface area contributed by atoms with E-state index in [9.17, 15) is 13.9 Å². The fourth-order valence-electron chi connectivity index (χ4n) is 5.53. The van der Waals surface area contributed by atoms with Crippen LogP contribution < -0.4 is 10.1 Å². The number of benzene rings is 2. The smallest absolute Gasteiger partial charge is 0.387 e. The molecule has 2 aromatic carbocycles. The summed E-state index contributed by atoms with van der Waals surface area (Å²) < 4.78 is 31.5. The number of rotatable bonds is 4. The Labute approximate surface area is 207 Å². The standard InChI is InChI=1S/C28H26F2N4O2/c1-14-18-5-4-6-23(36-27(29)30)24(18)19-11-22(33-14)25-20(19)10-16-9-15(7-8-21(16)34-25)17-12-31-26(32-13-17)28(2,3)35/h4-10,12-14,19,22,27,33,35H,11H2,1-3H3/t14-,19+,22-/m0/s1. The first-order valence-electron chi connectivity index (χ1n) is 12.0. The summed E-state index contributed by atoms with van der Waals surface area (Å²) in [5, 5.41) is 14.7. The first-order valence-corrected chi connectivity index (χ1v) is 12.0. The average molecular weight is 489 g/mol. The number of fused-ring (bicyclic) bond motifs is 8. The highest BCUT2D eigenvalue weighted by Gasteiger charge is 2.40. The SMILES string of the molecule is C[C@@H]1N[C@H]2C[C@H](c3cc4cc(-c5cnc(C(C)(C)O)nc5)ccc4nc32)c2c(OC(F)F)cccc21. The zero-order valence-corrected chi connectivity index (χ0v) is 20.2. The Morgan fingerprint density at radius 1 is 1.06 bits per heavy atom. The lowest BCUT2D eigenvalue weighted by Crippen LogP contribution is -2.23. The van der Waals surface area contributed by atoms with E-state index in [0.717, 1.165) is 50.8 Å². The molecule has 8 heteroatoms. The highest BCUT2D eigenvalue weighted by atomic mass is 19.3. The number of aliphatic hydroxyl groups is 1. The van der Waals surface area contributed by atoms with E-state index in [1.807, 2.05) is 31.2 Å². The van der Waals surface area contributed by atoms with Crippen molar-refractivity contribution in [3.8, 4) is 16.9 Å². The van der Waals surface area contributed by atoms with Crippen molar-refractivity contribution < 1.29 is 18.6 Å². The fraction of sp³-hybridized carbons (Fsp3) is 0.321. The Bertz CT molecular complexity index is 1470. The Morgan fingerprint density at radius 3 is 2.56 bits per heavy atom. The number of nitrogens with one attached hydrogen (secondary N) is 1. The quantitative estimate of drug-likeness (QED) is 0.380. The molecule has 1 aliphatic heterocycles. The molecule has 0 fully saturated rings. The van der Waals surface area contributed by atoms with Crippen LogP contribution in [-0.2, 0) is 5.60 Å². The van der Waals surface area contributed by atoms with Crippen LogP contribution in [-0.4, -0.2) is 26.7 Å². The van der Waals surface area contributed by atoms with Gasteiger partial charge in [0.05, 0.1) is 17.3 Å². The summed E-state index contributed by atoms with van der Waals surface area (Å²) in [5.74, 6) is 0.493. The third-order valence-electron chi connectivity index (χ3n) is 7.17. The van der Waals surface area contributed by atoms with Crippen LogP contribution in [0.15, 0.2) is 54.9 Å². The molecule has 0 radical (unpaired) electrons. The van der Waals surface area contributed by atoms with Gasteiger partial charge < -0.3 is 15.2 Å². The summed E-state index contributed by atoms with van der Waals surface area (Å²) in [4.78, 5) is 13.7. The molecule has 36 heavy (non-hydrogen) atoms. The molecule has 2 aliphatic rings. The molecule has 184 valence electrons. The van der Waals surface area contributed by atoms with Gasteiger partial charge in [0.15, 0.2) is 5.82 Å². The number of aromatic nitrogens is 3. The van der Waals surface area contributed by atoms with Crippen LogP contribution in [0.25, 0.3) is 22.0 Å². The average Bonchev–Trinajstić information content (AvgIpc) is 3.09. The summed E-state index contributed by atoms with van der Waals surface area (Å²) in [6, 6.07) is 13.5. The molecule has 1 aliphatic carbocycles. The van der Waals surface area contributed by atoms with Gasteiger partial charge >= 0.3 is 6.61 Å². The van der Waals surface area contributed by atoms with E-state index >= 15 is 0 Å². The third-order valence-corrected chi connectivity index (χ3v) is 7.17. The molecule has 2 aromatic heterocycles. The second-order valence-electron chi connectivity index (χ2n) is 10.1. The molecule has 2 N–H and O–H groups in total. The molecular weight excluding hydrogens is 462 g/mol. The maximum Gasteiger partial charge on any atom is 0.387 e. The van der Waals surface area contributed by atoms with Crippen LogP contribution >= 0.6 is 0 Å². The maximum atomic E-state index is 13.3. The van der Waals surface area contributed by atoms with Gasteiger partial charge in [-0.25, -0.2) is 9.97 Å². The van der Waals surface area contributed by atoms with E-state index < -0.39 is 12.2 Å². The molecule has 6 nitrogen and oxygen atoms in total. The van der Waals surface area contributed by atoms with Crippen molar-refractivity contribution in [1.82, 2.24) is 20.3 Å². The van der Waals surface area contributed by atoms with Crippen LogP contribution in [0.4, 0.5) is 8.78 Å². The summed E-state index contributed by atoms with van der Waals surface area (Å²) in [6.45, 7) is 2.45. The molecule has 0 saturated heterocycles. The van der Waals surface area contributed by atoms with Gasteiger partial charge in [-0.15, -0.1) is 0 Å². The van der Waals surface area contributed by atoms with E-state index in [2.05, 4.69) is 21.4 Å². The van der Waals surface area contributed by atoms with Crippen LogP contribution in [0, 0.1) is 0 Å². The van der Waals surface area contributed by atoms with Crippen LogP contribution in [0.2, 0.25) is 0 Å². The Morgan fingerprint density at radius 2 is 1.83 bits per heavy atom. The summed E-state index contributed by atoms with van der Waals surface area (Å²) in [7, 11) is 0. The summed E-state index contributed by atoms with van der Waals surface area (Å²) in [5.41, 5.74) is 5.29. The lowest BCUT2D eigenvalue weighted by Gasteiger charge is -2.24. The van der Waals surface area contributed by atoms with Gasteiger partial charge in [0.25, 0.3) is 0 Å². The normalized spacial score (nSPS) is 20.8. The van der Waals surface area contributed by atoms with Crippen molar-refractivity contribution in [3.05, 3.63) is 83.1 Å². The van der Waals surface area contributed by atoms with E-state index in [-0.39, 0.29) is 23.8 Å². The monoisotopic (exact) mass is 488 g/mol. The second-order valence-corrected chi connectivity index (χ2v) is 10.1. The lowest BCUT2D eigenvalue weighted by atomic mass is 9.87. The Balaban J connectivity index is 1.45. The van der Waals surface area contributed by atoms with Gasteiger partial charge in [0, 0.05) is 40.9 Å². The Hall–Kier alpha value is -3.49. The van der Waals surface area contributed by atoms with Gasteiger partial charge in [0.1, 0.15) is 11.4 Å². The zero-order chi connectivity index (χ0) is 25.2.